The van der Waals surface area contributed by atoms with Crippen LogP contribution in [-0.2, 0) is 16.1 Å². The smallest absolute Gasteiger partial charge is 0.417 e. The lowest BCUT2D eigenvalue weighted by molar-refractivity contribution is -0.128. The Kier molecular flexibility index (Phi) is 6.37. The number of fused-ring (bicyclic) bond motifs is 1. The van der Waals surface area contributed by atoms with Crippen LogP contribution in [0.4, 0.5) is 10.6 Å². The van der Waals surface area contributed by atoms with Crippen LogP contribution in [0.15, 0.2) is 17.5 Å². The molecular formula is C19H28N6O3. The fourth-order valence-electron chi connectivity index (χ4n) is 2.64. The molecule has 0 spiro atoms. The molecule has 2 heterocycles. The van der Waals surface area contributed by atoms with Crippen LogP contribution in [0, 0.1) is 6.92 Å². The number of amides is 2. The van der Waals surface area contributed by atoms with Gasteiger partial charge in [0.25, 0.3) is 0 Å². The summed E-state index contributed by atoms with van der Waals surface area (Å²) in [4.78, 5) is 40.2. The van der Waals surface area contributed by atoms with Crippen molar-refractivity contribution in [1.82, 2.24) is 24.3 Å². The molecule has 0 saturated heterocycles. The second-order valence-electron chi connectivity index (χ2n) is 7.76. The van der Waals surface area contributed by atoms with Crippen molar-refractivity contribution in [2.45, 2.75) is 46.8 Å². The summed E-state index contributed by atoms with van der Waals surface area (Å²) in [7, 11) is 3.76. The minimum atomic E-state index is -0.673. The average Bonchev–Trinajstić information content (AvgIpc) is 2.88. The Morgan fingerprint density at radius 3 is 2.54 bits per heavy atom. The summed E-state index contributed by atoms with van der Waals surface area (Å²) in [6.45, 7) is 9.15. The van der Waals surface area contributed by atoms with Crippen molar-refractivity contribution in [3.63, 3.8) is 0 Å². The Bertz CT molecular complexity index is 895. The van der Waals surface area contributed by atoms with Crippen LogP contribution in [0.1, 0.15) is 33.3 Å². The molecule has 0 aliphatic heterocycles. The molecule has 2 aromatic rings. The third-order valence-corrected chi connectivity index (χ3v) is 3.79. The second kappa shape index (κ2) is 8.37. The number of aromatic nitrogens is 3. The van der Waals surface area contributed by atoms with Crippen molar-refractivity contribution in [2.24, 2.45) is 4.99 Å². The average molecular weight is 388 g/mol. The van der Waals surface area contributed by atoms with Gasteiger partial charge in [0.15, 0.2) is 5.82 Å². The summed E-state index contributed by atoms with van der Waals surface area (Å²) in [6, 6.07) is 0. The summed E-state index contributed by atoms with van der Waals surface area (Å²) < 4.78 is 7.21. The van der Waals surface area contributed by atoms with E-state index in [2.05, 4.69) is 15.0 Å². The number of nitrogens with zero attached hydrogens (tertiary/aromatic N) is 6. The quantitative estimate of drug-likeness (QED) is 0.578. The Morgan fingerprint density at radius 2 is 1.96 bits per heavy atom. The minimum absolute atomic E-state index is 0.174. The zero-order valence-corrected chi connectivity index (χ0v) is 17.6. The lowest BCUT2D eigenvalue weighted by Gasteiger charge is -2.25. The zero-order valence-electron chi connectivity index (χ0n) is 17.6. The first kappa shape index (κ1) is 21.3. The summed E-state index contributed by atoms with van der Waals surface area (Å²) in [5, 5.41) is 0.840. The van der Waals surface area contributed by atoms with Crippen molar-refractivity contribution < 1.29 is 14.3 Å². The topological polar surface area (TPSA) is 92.9 Å². The van der Waals surface area contributed by atoms with Gasteiger partial charge < -0.3 is 14.2 Å². The van der Waals surface area contributed by atoms with Gasteiger partial charge in [0, 0.05) is 33.8 Å². The molecule has 152 valence electrons. The first-order valence-corrected chi connectivity index (χ1v) is 9.01. The van der Waals surface area contributed by atoms with Crippen molar-refractivity contribution >= 4 is 35.2 Å². The second-order valence-corrected chi connectivity index (χ2v) is 7.76. The third-order valence-electron chi connectivity index (χ3n) is 3.79. The molecular weight excluding hydrogens is 360 g/mol. The Balaban J connectivity index is 2.27. The number of carbonyl (C=O) groups is 2. The first-order chi connectivity index (χ1) is 13.0. The van der Waals surface area contributed by atoms with Gasteiger partial charge in [-0.15, -0.1) is 0 Å². The number of aliphatic imine (C=N–C) groups is 1. The van der Waals surface area contributed by atoms with E-state index >= 15 is 0 Å². The highest BCUT2D eigenvalue weighted by atomic mass is 16.6. The number of hydrogen-bond donors (Lipinski definition) is 0. The number of rotatable bonds is 5. The SMILES string of the molecule is CC(=O)N(CCn1cc(C)c2c(/N=C/N(C)C)ncnc21)C(=O)OC(C)(C)C. The van der Waals surface area contributed by atoms with E-state index in [1.165, 1.54) is 13.3 Å². The number of carbonyl (C=O) groups excluding carboxylic acids is 2. The highest BCUT2D eigenvalue weighted by molar-refractivity contribution is 5.91. The highest BCUT2D eigenvalue weighted by Crippen LogP contribution is 2.27. The standard InChI is InChI=1S/C19H28N6O3/c1-13-10-24(8-9-25(14(2)26)18(27)28-19(3,4)5)17-15(13)16(20-11-21-17)22-12-23(6)7/h10-12H,8-9H2,1-7H3/b22-12+. The maximum absolute atomic E-state index is 12.3. The summed E-state index contributed by atoms with van der Waals surface area (Å²) >= 11 is 0. The maximum atomic E-state index is 12.3. The van der Waals surface area contributed by atoms with Gasteiger partial charge in [-0.3, -0.25) is 4.79 Å². The summed E-state index contributed by atoms with van der Waals surface area (Å²) in [5.74, 6) is 0.207. The third kappa shape index (κ3) is 5.28. The molecule has 0 atom stereocenters. The van der Waals surface area contributed by atoms with Gasteiger partial charge in [-0.25, -0.2) is 24.7 Å². The van der Waals surface area contributed by atoms with Gasteiger partial charge in [0.1, 0.15) is 17.6 Å². The van der Waals surface area contributed by atoms with Crippen LogP contribution in [-0.4, -0.2) is 68.9 Å². The first-order valence-electron chi connectivity index (χ1n) is 9.01. The van der Waals surface area contributed by atoms with Crippen LogP contribution < -0.4 is 0 Å². The molecule has 2 aromatic heterocycles. The molecule has 0 aliphatic rings. The lowest BCUT2D eigenvalue weighted by atomic mass is 10.2. The van der Waals surface area contributed by atoms with Crippen LogP contribution >= 0.6 is 0 Å². The molecule has 9 heteroatoms. The molecule has 0 bridgehead atoms. The van der Waals surface area contributed by atoms with E-state index in [4.69, 9.17) is 4.74 Å². The van der Waals surface area contributed by atoms with Gasteiger partial charge in [0.05, 0.1) is 18.3 Å². The molecule has 9 nitrogen and oxygen atoms in total. The van der Waals surface area contributed by atoms with Gasteiger partial charge in [-0.1, -0.05) is 0 Å². The number of ether oxygens (including phenoxy) is 1. The fraction of sp³-hybridized carbons (Fsp3) is 0.526. The van der Waals surface area contributed by atoms with E-state index in [0.717, 1.165) is 15.8 Å². The largest absolute Gasteiger partial charge is 0.443 e. The van der Waals surface area contributed by atoms with Gasteiger partial charge in [-0.05, 0) is 33.3 Å². The fourth-order valence-corrected chi connectivity index (χ4v) is 2.64. The van der Waals surface area contributed by atoms with E-state index in [0.29, 0.717) is 18.0 Å². The minimum Gasteiger partial charge on any atom is -0.443 e. The number of hydrogen-bond acceptors (Lipinski definition) is 6. The number of aryl methyl sites for hydroxylation is 1. The van der Waals surface area contributed by atoms with E-state index < -0.39 is 11.7 Å². The highest BCUT2D eigenvalue weighted by Gasteiger charge is 2.25. The normalized spacial score (nSPS) is 11.8. The van der Waals surface area contributed by atoms with E-state index in [9.17, 15) is 9.59 Å². The molecule has 0 unspecified atom stereocenters. The van der Waals surface area contributed by atoms with Crippen molar-refractivity contribution in [2.75, 3.05) is 20.6 Å². The zero-order chi connectivity index (χ0) is 21.1. The van der Waals surface area contributed by atoms with Crippen LogP contribution in [0.3, 0.4) is 0 Å². The molecule has 0 aromatic carbocycles. The Morgan fingerprint density at radius 1 is 1.29 bits per heavy atom. The van der Waals surface area contributed by atoms with Crippen LogP contribution in [0.5, 0.6) is 0 Å². The summed E-state index contributed by atoms with van der Waals surface area (Å²) in [6.07, 6.45) is 4.40. The number of imide groups is 1. The van der Waals surface area contributed by atoms with Crippen LogP contribution in [0.2, 0.25) is 0 Å². The van der Waals surface area contributed by atoms with Gasteiger partial charge in [-0.2, -0.15) is 0 Å². The predicted molar refractivity (Wildman–Crippen MR) is 108 cm³/mol. The van der Waals surface area contributed by atoms with E-state index in [1.807, 2.05) is 36.7 Å². The van der Waals surface area contributed by atoms with Crippen LogP contribution in [0.25, 0.3) is 11.0 Å². The van der Waals surface area contributed by atoms with Crippen molar-refractivity contribution in [3.05, 3.63) is 18.1 Å². The predicted octanol–water partition coefficient (Wildman–Crippen LogP) is 2.74. The molecule has 0 radical (unpaired) electrons. The Labute approximate surface area is 165 Å². The van der Waals surface area contributed by atoms with E-state index in [1.54, 1.807) is 27.1 Å². The van der Waals surface area contributed by atoms with Gasteiger partial charge >= 0.3 is 6.09 Å². The molecule has 2 rings (SSSR count). The lowest BCUT2D eigenvalue weighted by Crippen LogP contribution is -2.41. The molecule has 0 N–H and O–H groups in total. The maximum Gasteiger partial charge on any atom is 0.417 e. The molecule has 28 heavy (non-hydrogen) atoms. The molecule has 0 saturated carbocycles. The monoisotopic (exact) mass is 388 g/mol. The molecule has 0 aliphatic carbocycles. The van der Waals surface area contributed by atoms with E-state index in [-0.39, 0.29) is 12.5 Å². The molecule has 0 fully saturated rings. The Hall–Kier alpha value is -2.97. The van der Waals surface area contributed by atoms with Gasteiger partial charge in [0.2, 0.25) is 5.91 Å². The van der Waals surface area contributed by atoms with Crippen molar-refractivity contribution in [3.8, 4) is 0 Å². The summed E-state index contributed by atoms with van der Waals surface area (Å²) in [5.41, 5.74) is 0.993. The molecule has 2 amide bonds. The van der Waals surface area contributed by atoms with Crippen molar-refractivity contribution in [1.29, 1.82) is 0 Å².